The first-order chi connectivity index (χ1) is 15.3. The molecule has 2 aromatic rings. The Morgan fingerprint density at radius 2 is 1.53 bits per heavy atom. The SMILES string of the molecule is O=C(c1ccc(S(=O)(=O)N2CCOCC2)cc1)N1CCCC1CS(=O)(=O)c1ccccc1. The van der Waals surface area contributed by atoms with E-state index in [1.807, 2.05) is 0 Å². The zero-order chi connectivity index (χ0) is 22.8. The third-order valence-electron chi connectivity index (χ3n) is 5.86. The summed E-state index contributed by atoms with van der Waals surface area (Å²) in [6, 6.07) is 13.7. The molecule has 172 valence electrons. The molecular weight excluding hydrogens is 452 g/mol. The van der Waals surface area contributed by atoms with Gasteiger partial charge in [-0.05, 0) is 49.2 Å². The fourth-order valence-corrected chi connectivity index (χ4v) is 7.15. The average Bonchev–Trinajstić information content (AvgIpc) is 3.27. The molecule has 1 amide bonds. The molecule has 0 N–H and O–H groups in total. The lowest BCUT2D eigenvalue weighted by Gasteiger charge is -2.26. The van der Waals surface area contributed by atoms with Crippen LogP contribution in [0.5, 0.6) is 0 Å². The normalized spacial score (nSPS) is 20.4. The molecule has 0 aromatic heterocycles. The van der Waals surface area contributed by atoms with Crippen LogP contribution >= 0.6 is 0 Å². The Morgan fingerprint density at radius 3 is 2.19 bits per heavy atom. The average molecular weight is 479 g/mol. The van der Waals surface area contributed by atoms with Gasteiger partial charge >= 0.3 is 0 Å². The van der Waals surface area contributed by atoms with Gasteiger partial charge in [0.05, 0.1) is 28.8 Å². The number of ether oxygens (including phenoxy) is 1. The van der Waals surface area contributed by atoms with Crippen LogP contribution in [0.4, 0.5) is 0 Å². The number of sulfonamides is 1. The molecule has 4 rings (SSSR count). The molecule has 10 heteroatoms. The topological polar surface area (TPSA) is 101 Å². The van der Waals surface area contributed by atoms with Gasteiger partial charge < -0.3 is 9.64 Å². The second-order valence-corrected chi connectivity index (χ2v) is 11.9. The van der Waals surface area contributed by atoms with Gasteiger partial charge in [-0.3, -0.25) is 4.79 Å². The van der Waals surface area contributed by atoms with Crippen LogP contribution in [-0.4, -0.2) is 76.6 Å². The molecule has 2 aromatic carbocycles. The fraction of sp³-hybridized carbons (Fsp3) is 0.409. The number of benzene rings is 2. The van der Waals surface area contributed by atoms with E-state index in [4.69, 9.17) is 4.74 Å². The molecule has 2 fully saturated rings. The third kappa shape index (κ3) is 4.73. The van der Waals surface area contributed by atoms with Crippen molar-refractivity contribution in [1.29, 1.82) is 0 Å². The van der Waals surface area contributed by atoms with Crippen molar-refractivity contribution in [3.63, 3.8) is 0 Å². The Bertz CT molecular complexity index is 1160. The Kier molecular flexibility index (Phi) is 6.66. The summed E-state index contributed by atoms with van der Waals surface area (Å²) in [6.07, 6.45) is 1.34. The number of hydrogen-bond acceptors (Lipinski definition) is 6. The number of carbonyl (C=O) groups excluding carboxylic acids is 1. The molecule has 32 heavy (non-hydrogen) atoms. The van der Waals surface area contributed by atoms with Crippen molar-refractivity contribution in [2.45, 2.75) is 28.7 Å². The number of sulfone groups is 1. The highest BCUT2D eigenvalue weighted by atomic mass is 32.2. The van der Waals surface area contributed by atoms with Crippen LogP contribution in [0.15, 0.2) is 64.4 Å². The second kappa shape index (κ2) is 9.30. The van der Waals surface area contributed by atoms with E-state index in [2.05, 4.69) is 0 Å². The van der Waals surface area contributed by atoms with Crippen LogP contribution in [0.1, 0.15) is 23.2 Å². The van der Waals surface area contributed by atoms with E-state index in [0.29, 0.717) is 44.8 Å². The van der Waals surface area contributed by atoms with E-state index < -0.39 is 25.9 Å². The Hall–Kier alpha value is -2.27. The van der Waals surface area contributed by atoms with Gasteiger partial charge in [-0.2, -0.15) is 4.31 Å². The summed E-state index contributed by atoms with van der Waals surface area (Å²) in [4.78, 5) is 15.1. The van der Waals surface area contributed by atoms with Gasteiger partial charge in [-0.25, -0.2) is 16.8 Å². The van der Waals surface area contributed by atoms with Gasteiger partial charge in [-0.15, -0.1) is 0 Å². The van der Waals surface area contributed by atoms with Crippen LogP contribution in [0.3, 0.4) is 0 Å². The summed E-state index contributed by atoms with van der Waals surface area (Å²) < 4.78 is 57.7. The molecule has 0 bridgehead atoms. The summed E-state index contributed by atoms with van der Waals surface area (Å²) in [6.45, 7) is 1.79. The monoisotopic (exact) mass is 478 g/mol. The first kappa shape index (κ1) is 22.9. The Labute approximate surface area is 188 Å². The molecule has 0 aliphatic carbocycles. The number of rotatable bonds is 6. The third-order valence-corrected chi connectivity index (χ3v) is 9.59. The Balaban J connectivity index is 1.48. The standard InChI is InChI=1S/C22H26N2O6S2/c25-22(18-8-10-21(11-9-18)32(28,29)23-13-15-30-16-14-23)24-12-4-5-19(24)17-31(26,27)20-6-2-1-3-7-20/h1-3,6-11,19H,4-5,12-17H2. The lowest BCUT2D eigenvalue weighted by atomic mass is 10.2. The highest BCUT2D eigenvalue weighted by Gasteiger charge is 2.34. The molecular formula is C22H26N2O6S2. The molecule has 2 heterocycles. The molecule has 0 saturated carbocycles. The first-order valence-corrected chi connectivity index (χ1v) is 13.6. The van der Waals surface area contributed by atoms with E-state index in [-0.39, 0.29) is 21.5 Å². The molecule has 2 aliphatic rings. The van der Waals surface area contributed by atoms with Crippen LogP contribution in [0.2, 0.25) is 0 Å². The van der Waals surface area contributed by atoms with Gasteiger partial charge in [0.25, 0.3) is 5.91 Å². The summed E-state index contributed by atoms with van der Waals surface area (Å²) in [7, 11) is -7.16. The zero-order valence-corrected chi connectivity index (χ0v) is 19.2. The smallest absolute Gasteiger partial charge is 0.254 e. The molecule has 0 radical (unpaired) electrons. The maximum Gasteiger partial charge on any atom is 0.254 e. The number of amides is 1. The minimum Gasteiger partial charge on any atom is -0.379 e. The lowest BCUT2D eigenvalue weighted by Crippen LogP contribution is -2.40. The van der Waals surface area contributed by atoms with Gasteiger partial charge in [-0.1, -0.05) is 18.2 Å². The maximum atomic E-state index is 13.1. The number of morpholine rings is 1. The minimum atomic E-state index is -3.64. The van der Waals surface area contributed by atoms with E-state index >= 15 is 0 Å². The summed E-state index contributed by atoms with van der Waals surface area (Å²) in [5.74, 6) is -0.419. The Morgan fingerprint density at radius 1 is 0.875 bits per heavy atom. The minimum absolute atomic E-state index is 0.126. The van der Waals surface area contributed by atoms with Crippen molar-refractivity contribution in [1.82, 2.24) is 9.21 Å². The van der Waals surface area contributed by atoms with E-state index in [0.717, 1.165) is 6.42 Å². The molecule has 0 spiro atoms. The molecule has 1 atom stereocenters. The van der Waals surface area contributed by atoms with Crippen molar-refractivity contribution >= 4 is 25.8 Å². The van der Waals surface area contributed by atoms with E-state index in [1.165, 1.54) is 28.6 Å². The van der Waals surface area contributed by atoms with E-state index in [9.17, 15) is 21.6 Å². The predicted octanol–water partition coefficient (Wildman–Crippen LogP) is 1.79. The van der Waals surface area contributed by atoms with Crippen LogP contribution in [0, 0.1) is 0 Å². The maximum absolute atomic E-state index is 13.1. The number of likely N-dealkylation sites (tertiary alicyclic amines) is 1. The first-order valence-electron chi connectivity index (χ1n) is 10.6. The highest BCUT2D eigenvalue weighted by molar-refractivity contribution is 7.91. The van der Waals surface area contributed by atoms with Gasteiger partial charge in [0.2, 0.25) is 10.0 Å². The van der Waals surface area contributed by atoms with Gasteiger partial charge in [0.15, 0.2) is 9.84 Å². The van der Waals surface area contributed by atoms with Crippen LogP contribution in [0.25, 0.3) is 0 Å². The highest BCUT2D eigenvalue weighted by Crippen LogP contribution is 2.25. The quantitative estimate of drug-likeness (QED) is 0.627. The van der Waals surface area contributed by atoms with Crippen molar-refractivity contribution in [2.75, 3.05) is 38.6 Å². The molecule has 2 saturated heterocycles. The van der Waals surface area contributed by atoms with Crippen molar-refractivity contribution in [2.24, 2.45) is 0 Å². The summed E-state index contributed by atoms with van der Waals surface area (Å²) >= 11 is 0. The van der Waals surface area contributed by atoms with Gasteiger partial charge in [0, 0.05) is 31.2 Å². The number of carbonyl (C=O) groups is 1. The number of hydrogen-bond donors (Lipinski definition) is 0. The number of nitrogens with zero attached hydrogens (tertiary/aromatic N) is 2. The lowest BCUT2D eigenvalue weighted by molar-refractivity contribution is 0.0730. The summed E-state index contributed by atoms with van der Waals surface area (Å²) in [5.41, 5.74) is 0.343. The summed E-state index contributed by atoms with van der Waals surface area (Å²) in [5, 5.41) is 0. The predicted molar refractivity (Wildman–Crippen MR) is 119 cm³/mol. The van der Waals surface area contributed by atoms with E-state index in [1.54, 1.807) is 35.2 Å². The van der Waals surface area contributed by atoms with Crippen molar-refractivity contribution in [3.8, 4) is 0 Å². The zero-order valence-electron chi connectivity index (χ0n) is 17.6. The molecule has 1 unspecified atom stereocenters. The van der Waals surface area contributed by atoms with Crippen LogP contribution in [-0.2, 0) is 24.6 Å². The molecule has 8 nitrogen and oxygen atoms in total. The van der Waals surface area contributed by atoms with Crippen molar-refractivity contribution < 1.29 is 26.4 Å². The largest absolute Gasteiger partial charge is 0.379 e. The second-order valence-electron chi connectivity index (χ2n) is 7.93. The fourth-order valence-electron chi connectivity index (χ4n) is 4.13. The van der Waals surface area contributed by atoms with Crippen molar-refractivity contribution in [3.05, 3.63) is 60.2 Å². The molecule has 2 aliphatic heterocycles. The van der Waals surface area contributed by atoms with Crippen LogP contribution < -0.4 is 0 Å². The van der Waals surface area contributed by atoms with Gasteiger partial charge in [0.1, 0.15) is 0 Å².